The molecule has 0 unspecified atom stereocenters. The van der Waals surface area contributed by atoms with Gasteiger partial charge in [0.2, 0.25) is 5.95 Å². The van der Waals surface area contributed by atoms with Crippen LogP contribution in [0.1, 0.15) is 42.7 Å². The number of aryl methyl sites for hydroxylation is 1. The monoisotopic (exact) mass is 276 g/mol. The molecule has 5 heteroatoms. The maximum atomic E-state index is 4.71. The van der Waals surface area contributed by atoms with E-state index in [-0.39, 0.29) is 5.41 Å². The molecule has 0 aliphatic carbocycles. The molecule has 0 aliphatic heterocycles. The average Bonchev–Trinajstić information content (AvgIpc) is 2.80. The summed E-state index contributed by atoms with van der Waals surface area (Å²) in [6, 6.07) is 0. The molecule has 102 valence electrons. The van der Waals surface area contributed by atoms with Crippen molar-refractivity contribution in [3.05, 3.63) is 33.5 Å². The first-order chi connectivity index (χ1) is 8.90. The Labute approximate surface area is 118 Å². The third-order valence-corrected chi connectivity index (χ3v) is 3.79. The second kappa shape index (κ2) is 5.25. The Balaban J connectivity index is 2.24. The fraction of sp³-hybridized carbons (Fsp3) is 0.500. The fourth-order valence-corrected chi connectivity index (χ4v) is 2.68. The first-order valence-electron chi connectivity index (χ1n) is 6.35. The van der Waals surface area contributed by atoms with E-state index in [4.69, 9.17) is 4.98 Å². The van der Waals surface area contributed by atoms with Crippen LogP contribution in [-0.2, 0) is 11.8 Å². The van der Waals surface area contributed by atoms with Gasteiger partial charge < -0.3 is 5.32 Å². The molecule has 1 N–H and O–H groups in total. The Morgan fingerprint density at radius 3 is 2.58 bits per heavy atom. The van der Waals surface area contributed by atoms with Crippen LogP contribution in [0.25, 0.3) is 0 Å². The molecular formula is C14H20N4S. The van der Waals surface area contributed by atoms with Crippen molar-refractivity contribution in [2.75, 3.05) is 12.4 Å². The molecule has 0 bridgehead atoms. The van der Waals surface area contributed by atoms with Crippen molar-refractivity contribution in [3.8, 4) is 0 Å². The van der Waals surface area contributed by atoms with Gasteiger partial charge >= 0.3 is 0 Å². The highest BCUT2D eigenvalue weighted by molar-refractivity contribution is 7.09. The largest absolute Gasteiger partial charge is 0.357 e. The summed E-state index contributed by atoms with van der Waals surface area (Å²) in [5.74, 6) is 0.660. The van der Waals surface area contributed by atoms with Gasteiger partial charge in [-0.05, 0) is 12.5 Å². The average molecular weight is 276 g/mol. The van der Waals surface area contributed by atoms with Gasteiger partial charge in [0.15, 0.2) is 0 Å². The summed E-state index contributed by atoms with van der Waals surface area (Å²) in [6.07, 6.45) is 2.62. The summed E-state index contributed by atoms with van der Waals surface area (Å²) < 4.78 is 0. The summed E-state index contributed by atoms with van der Waals surface area (Å²) in [4.78, 5) is 13.4. The number of hydrogen-bond donors (Lipinski definition) is 1. The van der Waals surface area contributed by atoms with Crippen LogP contribution < -0.4 is 5.32 Å². The lowest BCUT2D eigenvalue weighted by atomic mass is 9.93. The van der Waals surface area contributed by atoms with Gasteiger partial charge in [-0.3, -0.25) is 0 Å². The maximum absolute atomic E-state index is 4.71. The Kier molecular flexibility index (Phi) is 3.85. The Bertz CT molecular complexity index is 569. The van der Waals surface area contributed by atoms with Gasteiger partial charge in [0.1, 0.15) is 0 Å². The van der Waals surface area contributed by atoms with E-state index in [0.717, 1.165) is 28.4 Å². The van der Waals surface area contributed by atoms with Gasteiger partial charge in [0, 0.05) is 30.5 Å². The van der Waals surface area contributed by atoms with Crippen LogP contribution in [0.4, 0.5) is 5.95 Å². The highest BCUT2D eigenvalue weighted by atomic mass is 32.1. The first-order valence-corrected chi connectivity index (χ1v) is 7.23. The number of aromatic nitrogens is 3. The number of hydrogen-bond acceptors (Lipinski definition) is 5. The summed E-state index contributed by atoms with van der Waals surface area (Å²) in [5.41, 5.74) is 3.39. The van der Waals surface area contributed by atoms with Gasteiger partial charge in [0.05, 0.1) is 16.4 Å². The van der Waals surface area contributed by atoms with Crippen LogP contribution in [0, 0.1) is 6.92 Å². The molecule has 0 spiro atoms. The van der Waals surface area contributed by atoms with Crippen molar-refractivity contribution in [2.45, 2.75) is 39.5 Å². The third kappa shape index (κ3) is 3.29. The summed E-state index contributed by atoms with van der Waals surface area (Å²) >= 11 is 1.70. The first kappa shape index (κ1) is 13.9. The maximum Gasteiger partial charge on any atom is 0.222 e. The highest BCUT2D eigenvalue weighted by Gasteiger charge is 2.18. The standard InChI is InChI=1S/C14H20N4S/c1-9-7-16-13(15-5)17-10(9)6-12-18-11(8-19-12)14(2,3)4/h7-8H,6H2,1-5H3,(H,15,16,17). The van der Waals surface area contributed by atoms with E-state index < -0.39 is 0 Å². The molecule has 2 rings (SSSR count). The number of nitrogens with one attached hydrogen (secondary N) is 1. The molecule has 0 aromatic carbocycles. The zero-order valence-corrected chi connectivity index (χ0v) is 12.9. The van der Waals surface area contributed by atoms with Crippen molar-refractivity contribution >= 4 is 17.3 Å². The Morgan fingerprint density at radius 1 is 1.26 bits per heavy atom. The molecule has 0 radical (unpaired) electrons. The van der Waals surface area contributed by atoms with E-state index in [0.29, 0.717) is 5.95 Å². The second-order valence-electron chi connectivity index (χ2n) is 5.63. The minimum atomic E-state index is 0.103. The summed E-state index contributed by atoms with van der Waals surface area (Å²) in [6.45, 7) is 8.58. The molecule has 2 heterocycles. The van der Waals surface area contributed by atoms with Crippen LogP contribution in [0.3, 0.4) is 0 Å². The molecule has 19 heavy (non-hydrogen) atoms. The lowest BCUT2D eigenvalue weighted by molar-refractivity contribution is 0.571. The predicted octanol–water partition coefficient (Wildman–Crippen LogP) is 3.17. The van der Waals surface area contributed by atoms with Gasteiger partial charge in [-0.15, -0.1) is 11.3 Å². The topological polar surface area (TPSA) is 50.7 Å². The lowest BCUT2D eigenvalue weighted by Crippen LogP contribution is -2.11. The predicted molar refractivity (Wildman–Crippen MR) is 79.9 cm³/mol. The normalized spacial score (nSPS) is 11.6. The quantitative estimate of drug-likeness (QED) is 0.935. The number of anilines is 1. The van der Waals surface area contributed by atoms with Crippen molar-refractivity contribution in [3.63, 3.8) is 0 Å². The molecule has 0 amide bonds. The zero-order chi connectivity index (χ0) is 14.0. The summed E-state index contributed by atoms with van der Waals surface area (Å²) in [7, 11) is 1.83. The zero-order valence-electron chi connectivity index (χ0n) is 12.1. The van der Waals surface area contributed by atoms with Crippen LogP contribution in [0.2, 0.25) is 0 Å². The molecule has 2 aromatic rings. The SMILES string of the molecule is CNc1ncc(C)c(Cc2nc(C(C)(C)C)cs2)n1. The molecule has 4 nitrogen and oxygen atoms in total. The van der Waals surface area contributed by atoms with Crippen LogP contribution in [-0.4, -0.2) is 22.0 Å². The van der Waals surface area contributed by atoms with Crippen molar-refractivity contribution in [1.29, 1.82) is 0 Å². The highest BCUT2D eigenvalue weighted by Crippen LogP contribution is 2.25. The van der Waals surface area contributed by atoms with Crippen molar-refractivity contribution < 1.29 is 0 Å². The van der Waals surface area contributed by atoms with Gasteiger partial charge in [-0.2, -0.15) is 0 Å². The van der Waals surface area contributed by atoms with Crippen LogP contribution in [0.5, 0.6) is 0 Å². The second-order valence-corrected chi connectivity index (χ2v) is 6.57. The van der Waals surface area contributed by atoms with E-state index in [2.05, 4.69) is 41.4 Å². The van der Waals surface area contributed by atoms with E-state index in [1.165, 1.54) is 0 Å². The van der Waals surface area contributed by atoms with E-state index in [1.807, 2.05) is 20.2 Å². The number of rotatable bonds is 3. The Hall–Kier alpha value is -1.49. The Morgan fingerprint density at radius 2 is 2.00 bits per heavy atom. The van der Waals surface area contributed by atoms with Crippen molar-refractivity contribution in [1.82, 2.24) is 15.0 Å². The van der Waals surface area contributed by atoms with E-state index in [1.54, 1.807) is 11.3 Å². The molecule has 0 atom stereocenters. The molecule has 0 aliphatic rings. The lowest BCUT2D eigenvalue weighted by Gasteiger charge is -2.14. The van der Waals surface area contributed by atoms with E-state index in [9.17, 15) is 0 Å². The number of thiazole rings is 1. The third-order valence-electron chi connectivity index (χ3n) is 2.94. The smallest absolute Gasteiger partial charge is 0.222 e. The minimum absolute atomic E-state index is 0.103. The van der Waals surface area contributed by atoms with Crippen LogP contribution in [0.15, 0.2) is 11.6 Å². The van der Waals surface area contributed by atoms with E-state index >= 15 is 0 Å². The van der Waals surface area contributed by atoms with Gasteiger partial charge in [0.25, 0.3) is 0 Å². The molecule has 2 aromatic heterocycles. The molecule has 0 saturated carbocycles. The van der Waals surface area contributed by atoms with Crippen LogP contribution >= 0.6 is 11.3 Å². The minimum Gasteiger partial charge on any atom is -0.357 e. The summed E-state index contributed by atoms with van der Waals surface area (Å²) in [5, 5.41) is 6.22. The molecule has 0 saturated heterocycles. The molecule has 0 fully saturated rings. The molecular weight excluding hydrogens is 256 g/mol. The fourth-order valence-electron chi connectivity index (χ4n) is 1.66. The number of nitrogens with zero attached hydrogens (tertiary/aromatic N) is 3. The van der Waals surface area contributed by atoms with Gasteiger partial charge in [-0.25, -0.2) is 15.0 Å². The van der Waals surface area contributed by atoms with Crippen molar-refractivity contribution in [2.24, 2.45) is 0 Å². The van der Waals surface area contributed by atoms with Gasteiger partial charge in [-0.1, -0.05) is 20.8 Å².